The summed E-state index contributed by atoms with van der Waals surface area (Å²) in [5.41, 5.74) is 3.38. The van der Waals surface area contributed by atoms with Crippen molar-refractivity contribution in [3.05, 3.63) is 65.2 Å². The summed E-state index contributed by atoms with van der Waals surface area (Å²) in [6, 6.07) is 16.3. The second-order valence-corrected chi connectivity index (χ2v) is 6.24. The van der Waals surface area contributed by atoms with Crippen molar-refractivity contribution in [2.75, 3.05) is 0 Å². The van der Waals surface area contributed by atoms with Gasteiger partial charge in [0.25, 0.3) is 0 Å². The van der Waals surface area contributed by atoms with Gasteiger partial charge < -0.3 is 9.84 Å². The van der Waals surface area contributed by atoms with Crippen LogP contribution in [0.15, 0.2) is 48.5 Å². The first-order valence-electron chi connectivity index (χ1n) is 7.66. The Balaban J connectivity index is 1.79. The fraction of sp³-hybridized carbons (Fsp3) is 0.368. The standard InChI is InChI=1S/C19H22O2/c1-13(2)11-14-7-9-15(10-8-14)19-12-17(20)16-5-3-4-6-18(16)21-19/h3-10,13,17,19-20H,11-12H2,1-2H3/t17-,19?/m1/s1. The van der Waals surface area contributed by atoms with Crippen LogP contribution in [0.3, 0.4) is 0 Å². The summed E-state index contributed by atoms with van der Waals surface area (Å²) in [6.45, 7) is 4.46. The Morgan fingerprint density at radius 3 is 2.52 bits per heavy atom. The van der Waals surface area contributed by atoms with Crippen LogP contribution in [0.25, 0.3) is 0 Å². The molecular weight excluding hydrogens is 260 g/mol. The third-order valence-electron chi connectivity index (χ3n) is 3.98. The normalized spacial score (nSPS) is 21.0. The summed E-state index contributed by atoms with van der Waals surface area (Å²) in [7, 11) is 0. The summed E-state index contributed by atoms with van der Waals surface area (Å²) in [6.07, 6.45) is 1.19. The lowest BCUT2D eigenvalue weighted by atomic mass is 9.94. The molecule has 1 aliphatic rings. The third kappa shape index (κ3) is 3.11. The number of hydrogen-bond acceptors (Lipinski definition) is 2. The van der Waals surface area contributed by atoms with Gasteiger partial charge in [-0.2, -0.15) is 0 Å². The summed E-state index contributed by atoms with van der Waals surface area (Å²) >= 11 is 0. The van der Waals surface area contributed by atoms with E-state index in [0.29, 0.717) is 12.3 Å². The highest BCUT2D eigenvalue weighted by Crippen LogP contribution is 2.40. The van der Waals surface area contributed by atoms with Crippen molar-refractivity contribution in [2.24, 2.45) is 5.92 Å². The fourth-order valence-corrected chi connectivity index (χ4v) is 2.94. The van der Waals surface area contributed by atoms with Crippen molar-refractivity contribution in [3.63, 3.8) is 0 Å². The number of benzene rings is 2. The summed E-state index contributed by atoms with van der Waals surface area (Å²) in [4.78, 5) is 0. The van der Waals surface area contributed by atoms with Crippen molar-refractivity contribution < 1.29 is 9.84 Å². The molecule has 2 nitrogen and oxygen atoms in total. The summed E-state index contributed by atoms with van der Waals surface area (Å²) < 4.78 is 6.05. The van der Waals surface area contributed by atoms with Gasteiger partial charge in [0.05, 0.1) is 6.10 Å². The average Bonchev–Trinajstić information content (AvgIpc) is 2.47. The topological polar surface area (TPSA) is 29.5 Å². The van der Waals surface area contributed by atoms with Gasteiger partial charge in [-0.3, -0.25) is 0 Å². The molecule has 2 atom stereocenters. The molecule has 2 aromatic carbocycles. The van der Waals surface area contributed by atoms with Gasteiger partial charge in [0.1, 0.15) is 11.9 Å². The van der Waals surface area contributed by atoms with E-state index < -0.39 is 6.10 Å². The maximum Gasteiger partial charge on any atom is 0.127 e. The molecular formula is C19H22O2. The van der Waals surface area contributed by atoms with Gasteiger partial charge in [0.2, 0.25) is 0 Å². The molecule has 3 rings (SSSR count). The van der Waals surface area contributed by atoms with Gasteiger partial charge in [0, 0.05) is 12.0 Å². The summed E-state index contributed by atoms with van der Waals surface area (Å²) in [5.74, 6) is 1.46. The van der Waals surface area contributed by atoms with Gasteiger partial charge in [-0.15, -0.1) is 0 Å². The van der Waals surface area contributed by atoms with E-state index in [4.69, 9.17) is 4.74 Å². The SMILES string of the molecule is CC(C)Cc1ccc(C2C[C@@H](O)c3ccccc3O2)cc1. The number of para-hydroxylation sites is 1. The number of aliphatic hydroxyl groups is 1. The Morgan fingerprint density at radius 1 is 1.10 bits per heavy atom. The molecule has 0 amide bonds. The molecule has 1 aliphatic heterocycles. The molecule has 0 radical (unpaired) electrons. The van der Waals surface area contributed by atoms with E-state index in [1.807, 2.05) is 24.3 Å². The molecule has 0 aromatic heterocycles. The van der Waals surface area contributed by atoms with Crippen molar-refractivity contribution >= 4 is 0 Å². The number of rotatable bonds is 3. The zero-order chi connectivity index (χ0) is 14.8. The molecule has 0 saturated heterocycles. The van der Waals surface area contributed by atoms with Crippen LogP contribution < -0.4 is 4.74 Å². The van der Waals surface area contributed by atoms with E-state index in [1.54, 1.807) is 0 Å². The average molecular weight is 282 g/mol. The highest BCUT2D eigenvalue weighted by atomic mass is 16.5. The molecule has 0 spiro atoms. The van der Waals surface area contributed by atoms with Crippen LogP contribution in [0.5, 0.6) is 5.75 Å². The minimum Gasteiger partial charge on any atom is -0.485 e. The maximum absolute atomic E-state index is 10.3. The Bertz CT molecular complexity index is 601. The zero-order valence-electron chi connectivity index (χ0n) is 12.6. The second kappa shape index (κ2) is 5.90. The lowest BCUT2D eigenvalue weighted by molar-refractivity contribution is 0.0657. The molecule has 1 N–H and O–H groups in total. The minimum atomic E-state index is -0.449. The Hall–Kier alpha value is -1.80. The van der Waals surface area contributed by atoms with Crippen LogP contribution in [-0.4, -0.2) is 5.11 Å². The fourth-order valence-electron chi connectivity index (χ4n) is 2.94. The van der Waals surface area contributed by atoms with Gasteiger partial charge in [-0.05, 0) is 29.5 Å². The molecule has 0 aliphatic carbocycles. The molecule has 21 heavy (non-hydrogen) atoms. The third-order valence-corrected chi connectivity index (χ3v) is 3.98. The first-order valence-corrected chi connectivity index (χ1v) is 7.66. The van der Waals surface area contributed by atoms with Crippen LogP contribution in [0.2, 0.25) is 0 Å². The van der Waals surface area contributed by atoms with Crippen LogP contribution in [0, 0.1) is 5.92 Å². The predicted molar refractivity (Wildman–Crippen MR) is 84.4 cm³/mol. The number of hydrogen-bond donors (Lipinski definition) is 1. The lowest BCUT2D eigenvalue weighted by Gasteiger charge is -2.30. The van der Waals surface area contributed by atoms with Crippen molar-refractivity contribution in [3.8, 4) is 5.75 Å². The lowest BCUT2D eigenvalue weighted by Crippen LogP contribution is -2.18. The van der Waals surface area contributed by atoms with Crippen molar-refractivity contribution in [1.82, 2.24) is 0 Å². The van der Waals surface area contributed by atoms with E-state index in [2.05, 4.69) is 38.1 Å². The first kappa shape index (κ1) is 14.2. The molecule has 1 unspecified atom stereocenters. The smallest absolute Gasteiger partial charge is 0.127 e. The molecule has 2 aromatic rings. The molecule has 0 bridgehead atoms. The number of ether oxygens (including phenoxy) is 1. The zero-order valence-corrected chi connectivity index (χ0v) is 12.6. The molecule has 1 heterocycles. The number of fused-ring (bicyclic) bond motifs is 1. The Morgan fingerprint density at radius 2 is 1.81 bits per heavy atom. The molecule has 0 fully saturated rings. The van der Waals surface area contributed by atoms with E-state index in [0.717, 1.165) is 23.3 Å². The maximum atomic E-state index is 10.3. The number of aliphatic hydroxyl groups excluding tert-OH is 1. The van der Waals surface area contributed by atoms with Crippen LogP contribution >= 0.6 is 0 Å². The van der Waals surface area contributed by atoms with Gasteiger partial charge >= 0.3 is 0 Å². The monoisotopic (exact) mass is 282 g/mol. The van der Waals surface area contributed by atoms with E-state index in [9.17, 15) is 5.11 Å². The Labute approximate surface area is 126 Å². The largest absolute Gasteiger partial charge is 0.485 e. The highest BCUT2D eigenvalue weighted by molar-refractivity contribution is 5.38. The van der Waals surface area contributed by atoms with Crippen molar-refractivity contribution in [2.45, 2.75) is 38.9 Å². The predicted octanol–water partition coefficient (Wildman–Crippen LogP) is 4.44. The van der Waals surface area contributed by atoms with Crippen LogP contribution in [-0.2, 0) is 6.42 Å². The van der Waals surface area contributed by atoms with Gasteiger partial charge in [0.15, 0.2) is 0 Å². The van der Waals surface area contributed by atoms with E-state index in [1.165, 1.54) is 5.56 Å². The van der Waals surface area contributed by atoms with E-state index in [-0.39, 0.29) is 6.10 Å². The van der Waals surface area contributed by atoms with E-state index >= 15 is 0 Å². The van der Waals surface area contributed by atoms with Crippen LogP contribution in [0.1, 0.15) is 49.2 Å². The van der Waals surface area contributed by atoms with Gasteiger partial charge in [-0.25, -0.2) is 0 Å². The first-order chi connectivity index (χ1) is 10.1. The molecule has 110 valence electrons. The molecule has 0 saturated carbocycles. The van der Waals surface area contributed by atoms with Crippen molar-refractivity contribution in [1.29, 1.82) is 0 Å². The Kier molecular flexibility index (Phi) is 3.98. The second-order valence-electron chi connectivity index (χ2n) is 6.24. The molecule has 2 heteroatoms. The summed E-state index contributed by atoms with van der Waals surface area (Å²) in [5, 5.41) is 10.3. The quantitative estimate of drug-likeness (QED) is 0.901. The van der Waals surface area contributed by atoms with Crippen LogP contribution in [0.4, 0.5) is 0 Å². The highest BCUT2D eigenvalue weighted by Gasteiger charge is 2.27. The minimum absolute atomic E-state index is 0.0667. The van der Waals surface area contributed by atoms with Gasteiger partial charge in [-0.1, -0.05) is 56.3 Å².